The summed E-state index contributed by atoms with van der Waals surface area (Å²) in [6.45, 7) is 1.28. The normalized spacial score (nSPS) is 15.0. The van der Waals surface area contributed by atoms with Crippen molar-refractivity contribution in [2.24, 2.45) is 0 Å². The number of para-hydroxylation sites is 1. The van der Waals surface area contributed by atoms with Gasteiger partial charge in [-0.15, -0.1) is 0 Å². The summed E-state index contributed by atoms with van der Waals surface area (Å²) in [5.41, 5.74) is 1.33. The van der Waals surface area contributed by atoms with Crippen LogP contribution in [0.3, 0.4) is 0 Å². The molecule has 10 heteroatoms. The largest absolute Gasteiger partial charge is 0.433 e. The van der Waals surface area contributed by atoms with Gasteiger partial charge in [0.2, 0.25) is 5.43 Å². The number of pyridine rings is 1. The third-order valence-electron chi connectivity index (χ3n) is 5.96. The summed E-state index contributed by atoms with van der Waals surface area (Å²) < 4.78 is 41.8. The molecule has 1 saturated heterocycles. The number of hydrogen-bond acceptors (Lipinski definition) is 5. The SMILES string of the molecule is O=c1ccn(C2CCN(c3ccc(C(F)(F)F)nc3)CC2)nc1-c1ccnn1-c1ccccc1. The molecule has 7 nitrogen and oxygen atoms in total. The lowest BCUT2D eigenvalue weighted by Gasteiger charge is -2.34. The Morgan fingerprint density at radius 3 is 2.35 bits per heavy atom. The van der Waals surface area contributed by atoms with Crippen LogP contribution in [0.15, 0.2) is 78.0 Å². The van der Waals surface area contributed by atoms with Crippen LogP contribution >= 0.6 is 0 Å². The zero-order valence-electron chi connectivity index (χ0n) is 18.1. The van der Waals surface area contributed by atoms with Crippen LogP contribution in [0.2, 0.25) is 0 Å². The van der Waals surface area contributed by atoms with Gasteiger partial charge in [-0.25, -0.2) is 9.67 Å². The highest BCUT2D eigenvalue weighted by atomic mass is 19.4. The lowest BCUT2D eigenvalue weighted by molar-refractivity contribution is -0.141. The predicted molar refractivity (Wildman–Crippen MR) is 121 cm³/mol. The van der Waals surface area contributed by atoms with Gasteiger partial charge in [0, 0.05) is 25.4 Å². The molecule has 0 aliphatic carbocycles. The molecule has 1 aliphatic heterocycles. The van der Waals surface area contributed by atoms with Crippen LogP contribution in [0, 0.1) is 0 Å². The lowest BCUT2D eigenvalue weighted by atomic mass is 10.0. The lowest BCUT2D eigenvalue weighted by Crippen LogP contribution is -2.35. The molecule has 0 bridgehead atoms. The maximum atomic E-state index is 12.8. The molecule has 174 valence electrons. The Hall–Kier alpha value is -3.95. The first kappa shape index (κ1) is 21.9. The standard InChI is InChI=1S/C24H21F3N6O/c25-24(26,27)22-7-6-19(16-28-22)31-13-9-17(10-14-31)32-15-11-21(34)23(30-32)20-8-12-29-33(20)18-4-2-1-3-5-18/h1-8,11-12,15-17H,9-10,13-14H2. The highest BCUT2D eigenvalue weighted by Crippen LogP contribution is 2.30. The van der Waals surface area contributed by atoms with Crippen molar-refractivity contribution >= 4 is 5.69 Å². The van der Waals surface area contributed by atoms with Crippen molar-refractivity contribution in [2.45, 2.75) is 25.1 Å². The molecule has 4 aromatic rings. The monoisotopic (exact) mass is 466 g/mol. The molecule has 0 amide bonds. The molecule has 0 N–H and O–H groups in total. The number of alkyl halides is 3. The van der Waals surface area contributed by atoms with Gasteiger partial charge in [-0.05, 0) is 43.2 Å². The molecule has 1 aliphatic rings. The molecule has 3 aromatic heterocycles. The first-order valence-electron chi connectivity index (χ1n) is 10.9. The second kappa shape index (κ2) is 8.77. The van der Waals surface area contributed by atoms with E-state index in [9.17, 15) is 18.0 Å². The van der Waals surface area contributed by atoms with Gasteiger partial charge in [-0.2, -0.15) is 23.4 Å². The number of benzene rings is 1. The highest BCUT2D eigenvalue weighted by Gasteiger charge is 2.32. The van der Waals surface area contributed by atoms with Gasteiger partial charge in [0.25, 0.3) is 0 Å². The number of rotatable bonds is 4. The average molecular weight is 466 g/mol. The summed E-state index contributed by atoms with van der Waals surface area (Å²) in [4.78, 5) is 18.2. The minimum absolute atomic E-state index is 0.0612. The molecule has 0 unspecified atom stereocenters. The molecular weight excluding hydrogens is 445 g/mol. The number of hydrogen-bond donors (Lipinski definition) is 0. The zero-order valence-corrected chi connectivity index (χ0v) is 18.1. The fraction of sp³-hybridized carbons (Fsp3) is 0.250. The number of halogens is 3. The van der Waals surface area contributed by atoms with Gasteiger partial charge in [0.05, 0.1) is 35.5 Å². The van der Waals surface area contributed by atoms with Gasteiger partial charge >= 0.3 is 6.18 Å². The molecule has 5 rings (SSSR count). The maximum absolute atomic E-state index is 12.8. The number of aromatic nitrogens is 5. The van der Waals surface area contributed by atoms with E-state index in [2.05, 4.69) is 15.2 Å². The van der Waals surface area contributed by atoms with Crippen molar-refractivity contribution in [1.29, 1.82) is 0 Å². The molecule has 0 saturated carbocycles. The minimum Gasteiger partial charge on any atom is -0.370 e. The summed E-state index contributed by atoms with van der Waals surface area (Å²) in [5.74, 6) is 0. The fourth-order valence-corrected chi connectivity index (χ4v) is 4.19. The summed E-state index contributed by atoms with van der Waals surface area (Å²) in [6.07, 6.45) is 1.60. The van der Waals surface area contributed by atoms with E-state index in [0.29, 0.717) is 30.2 Å². The molecule has 0 atom stereocenters. The topological polar surface area (TPSA) is 68.8 Å². The Kier molecular flexibility index (Phi) is 5.64. The third-order valence-corrected chi connectivity index (χ3v) is 5.96. The molecule has 4 heterocycles. The van der Waals surface area contributed by atoms with Crippen molar-refractivity contribution in [3.8, 4) is 17.1 Å². The Balaban J connectivity index is 1.34. The zero-order chi connectivity index (χ0) is 23.7. The van der Waals surface area contributed by atoms with E-state index in [0.717, 1.165) is 24.6 Å². The van der Waals surface area contributed by atoms with E-state index >= 15 is 0 Å². The Bertz CT molecular complexity index is 1320. The average Bonchev–Trinajstić information content (AvgIpc) is 3.34. The van der Waals surface area contributed by atoms with Crippen molar-refractivity contribution in [2.75, 3.05) is 18.0 Å². The Labute approximate surface area is 193 Å². The fourth-order valence-electron chi connectivity index (χ4n) is 4.19. The van der Waals surface area contributed by atoms with Gasteiger partial charge in [-0.1, -0.05) is 18.2 Å². The first-order chi connectivity index (χ1) is 16.4. The summed E-state index contributed by atoms with van der Waals surface area (Å²) >= 11 is 0. The van der Waals surface area contributed by atoms with Gasteiger partial charge in [-0.3, -0.25) is 9.48 Å². The highest BCUT2D eigenvalue weighted by molar-refractivity contribution is 5.56. The molecule has 0 radical (unpaired) electrons. The molecule has 1 fully saturated rings. The van der Waals surface area contributed by atoms with Crippen LogP contribution < -0.4 is 10.3 Å². The predicted octanol–water partition coefficient (Wildman–Crippen LogP) is 4.35. The third kappa shape index (κ3) is 4.30. The van der Waals surface area contributed by atoms with Crippen LogP contribution in [0.25, 0.3) is 17.1 Å². The number of piperidine rings is 1. The van der Waals surface area contributed by atoms with E-state index in [-0.39, 0.29) is 11.5 Å². The number of anilines is 1. The molecule has 0 spiro atoms. The van der Waals surface area contributed by atoms with E-state index < -0.39 is 11.9 Å². The van der Waals surface area contributed by atoms with Crippen molar-refractivity contribution in [3.63, 3.8) is 0 Å². The maximum Gasteiger partial charge on any atom is 0.433 e. The van der Waals surface area contributed by atoms with Crippen LogP contribution in [-0.2, 0) is 6.18 Å². The van der Waals surface area contributed by atoms with E-state index in [4.69, 9.17) is 0 Å². The minimum atomic E-state index is -4.45. The number of nitrogens with zero attached hydrogens (tertiary/aromatic N) is 6. The summed E-state index contributed by atoms with van der Waals surface area (Å²) in [7, 11) is 0. The van der Waals surface area contributed by atoms with E-state index in [1.807, 2.05) is 35.2 Å². The molecule has 1 aromatic carbocycles. The first-order valence-corrected chi connectivity index (χ1v) is 10.9. The van der Waals surface area contributed by atoms with Crippen molar-refractivity contribution in [3.05, 3.63) is 89.1 Å². The molecular formula is C24H21F3N6O. The van der Waals surface area contributed by atoms with Crippen molar-refractivity contribution < 1.29 is 13.2 Å². The van der Waals surface area contributed by atoms with E-state index in [1.54, 1.807) is 27.8 Å². The molecule has 34 heavy (non-hydrogen) atoms. The quantitative estimate of drug-likeness (QED) is 0.447. The van der Waals surface area contributed by atoms with Crippen LogP contribution in [0.5, 0.6) is 0 Å². The Morgan fingerprint density at radius 2 is 1.68 bits per heavy atom. The summed E-state index contributed by atoms with van der Waals surface area (Å²) in [5, 5.41) is 9.00. The van der Waals surface area contributed by atoms with Crippen LogP contribution in [0.4, 0.5) is 18.9 Å². The van der Waals surface area contributed by atoms with Crippen LogP contribution in [0.1, 0.15) is 24.6 Å². The second-order valence-corrected chi connectivity index (χ2v) is 8.09. The summed E-state index contributed by atoms with van der Waals surface area (Å²) in [6, 6.07) is 15.3. The smallest absolute Gasteiger partial charge is 0.370 e. The Morgan fingerprint density at radius 1 is 0.912 bits per heavy atom. The van der Waals surface area contributed by atoms with Crippen LogP contribution in [-0.4, -0.2) is 37.6 Å². The van der Waals surface area contributed by atoms with Gasteiger partial charge in [0.15, 0.2) is 5.69 Å². The van der Waals surface area contributed by atoms with Gasteiger partial charge < -0.3 is 4.90 Å². The van der Waals surface area contributed by atoms with E-state index in [1.165, 1.54) is 18.3 Å². The van der Waals surface area contributed by atoms with Crippen molar-refractivity contribution in [1.82, 2.24) is 24.5 Å². The van der Waals surface area contributed by atoms with Gasteiger partial charge in [0.1, 0.15) is 5.69 Å². The second-order valence-electron chi connectivity index (χ2n) is 8.09.